The standard InChI is InChI=1S/C21H19BrN2O5S/c1-10-13-8-11(22)6-7-14(13)29-18(10)21(27)28-9-16(25)24-20-17(19(23)26)12-4-2-3-5-15(12)30-20/h6-8H,2-5,9H2,1H3,(H2,23,26)(H,24,25). The van der Waals surface area contributed by atoms with Crippen LogP contribution in [0, 0.1) is 6.92 Å². The van der Waals surface area contributed by atoms with E-state index in [2.05, 4.69) is 21.2 Å². The number of primary amides is 1. The highest BCUT2D eigenvalue weighted by atomic mass is 79.9. The van der Waals surface area contributed by atoms with E-state index >= 15 is 0 Å². The number of carbonyl (C=O) groups is 3. The van der Waals surface area contributed by atoms with E-state index in [-0.39, 0.29) is 5.76 Å². The Bertz CT molecular complexity index is 1180. The van der Waals surface area contributed by atoms with Gasteiger partial charge in [0.05, 0.1) is 5.56 Å². The van der Waals surface area contributed by atoms with Gasteiger partial charge < -0.3 is 20.2 Å². The number of esters is 1. The molecule has 0 radical (unpaired) electrons. The number of fused-ring (bicyclic) bond motifs is 2. The lowest BCUT2D eigenvalue weighted by atomic mass is 9.95. The monoisotopic (exact) mass is 490 g/mol. The summed E-state index contributed by atoms with van der Waals surface area (Å²) in [5, 5.41) is 3.87. The Morgan fingerprint density at radius 1 is 1.27 bits per heavy atom. The molecule has 0 saturated carbocycles. The first kappa shape index (κ1) is 20.6. The molecule has 0 bridgehead atoms. The average molecular weight is 491 g/mol. The molecule has 0 atom stereocenters. The molecule has 0 spiro atoms. The van der Waals surface area contributed by atoms with Crippen LogP contribution < -0.4 is 11.1 Å². The van der Waals surface area contributed by atoms with Gasteiger partial charge in [0, 0.05) is 20.3 Å². The number of carbonyl (C=O) groups excluding carboxylic acids is 3. The molecule has 9 heteroatoms. The zero-order valence-electron chi connectivity index (χ0n) is 16.2. The van der Waals surface area contributed by atoms with E-state index in [1.54, 1.807) is 13.0 Å². The van der Waals surface area contributed by atoms with Crippen LogP contribution in [0.5, 0.6) is 0 Å². The van der Waals surface area contributed by atoms with Crippen molar-refractivity contribution in [2.24, 2.45) is 5.73 Å². The molecule has 1 aromatic carbocycles. The zero-order chi connectivity index (χ0) is 21.4. The van der Waals surface area contributed by atoms with Crippen LogP contribution in [-0.2, 0) is 22.4 Å². The molecule has 3 N–H and O–H groups in total. The molecule has 2 heterocycles. The highest BCUT2D eigenvalue weighted by Crippen LogP contribution is 2.37. The van der Waals surface area contributed by atoms with Crippen molar-refractivity contribution < 1.29 is 23.5 Å². The summed E-state index contributed by atoms with van der Waals surface area (Å²) in [6.45, 7) is 1.25. The van der Waals surface area contributed by atoms with Gasteiger partial charge in [0.25, 0.3) is 11.8 Å². The lowest BCUT2D eigenvalue weighted by Gasteiger charge is -2.11. The van der Waals surface area contributed by atoms with Crippen molar-refractivity contribution >= 4 is 61.0 Å². The SMILES string of the molecule is Cc1c(C(=O)OCC(=O)Nc2sc3c(c2C(N)=O)CCCC3)oc2ccc(Br)cc12. The molecule has 1 aliphatic carbocycles. The number of thiophene rings is 1. The summed E-state index contributed by atoms with van der Waals surface area (Å²) in [6, 6.07) is 5.41. The minimum absolute atomic E-state index is 0.0558. The summed E-state index contributed by atoms with van der Waals surface area (Å²) in [6.07, 6.45) is 3.68. The minimum atomic E-state index is -0.726. The van der Waals surface area contributed by atoms with Gasteiger partial charge in [-0.3, -0.25) is 9.59 Å². The lowest BCUT2D eigenvalue weighted by molar-refractivity contribution is -0.119. The molecular formula is C21H19BrN2O5S. The summed E-state index contributed by atoms with van der Waals surface area (Å²) in [4.78, 5) is 37.8. The number of nitrogens with one attached hydrogen (secondary N) is 1. The number of rotatable bonds is 5. The number of nitrogens with two attached hydrogens (primary N) is 1. The number of furan rings is 1. The number of ether oxygens (including phenoxy) is 1. The van der Waals surface area contributed by atoms with Crippen LogP contribution in [-0.4, -0.2) is 24.4 Å². The maximum Gasteiger partial charge on any atom is 0.375 e. The van der Waals surface area contributed by atoms with Gasteiger partial charge in [-0.05, 0) is 56.4 Å². The number of hydrogen-bond acceptors (Lipinski definition) is 6. The van der Waals surface area contributed by atoms with Crippen LogP contribution in [0.2, 0.25) is 0 Å². The molecule has 2 amide bonds. The van der Waals surface area contributed by atoms with E-state index in [1.807, 2.05) is 12.1 Å². The van der Waals surface area contributed by atoms with Crippen LogP contribution in [0.4, 0.5) is 5.00 Å². The van der Waals surface area contributed by atoms with E-state index in [1.165, 1.54) is 11.3 Å². The van der Waals surface area contributed by atoms with E-state index in [4.69, 9.17) is 14.9 Å². The number of hydrogen-bond donors (Lipinski definition) is 2. The van der Waals surface area contributed by atoms with Crippen molar-refractivity contribution in [3.63, 3.8) is 0 Å². The van der Waals surface area contributed by atoms with Gasteiger partial charge in [-0.25, -0.2) is 4.79 Å². The van der Waals surface area contributed by atoms with Crippen molar-refractivity contribution in [1.29, 1.82) is 0 Å². The third kappa shape index (κ3) is 3.87. The first-order valence-corrected chi connectivity index (χ1v) is 11.1. The molecule has 2 aromatic heterocycles. The fraction of sp³-hybridized carbons (Fsp3) is 0.286. The Morgan fingerprint density at radius 2 is 2.03 bits per heavy atom. The van der Waals surface area contributed by atoms with E-state index in [0.29, 0.717) is 21.7 Å². The molecule has 0 unspecified atom stereocenters. The number of amides is 2. The summed E-state index contributed by atoms with van der Waals surface area (Å²) >= 11 is 4.75. The topological polar surface area (TPSA) is 112 Å². The van der Waals surface area contributed by atoms with Crippen molar-refractivity contribution in [3.8, 4) is 0 Å². The van der Waals surface area contributed by atoms with Gasteiger partial charge in [-0.2, -0.15) is 0 Å². The summed E-state index contributed by atoms with van der Waals surface area (Å²) in [5.74, 6) is -1.78. The Hall–Kier alpha value is -2.65. The molecule has 1 aliphatic rings. The van der Waals surface area contributed by atoms with Crippen LogP contribution >= 0.6 is 27.3 Å². The summed E-state index contributed by atoms with van der Waals surface area (Å²) in [5.41, 5.74) is 8.03. The number of benzene rings is 1. The van der Waals surface area contributed by atoms with Crippen LogP contribution in [0.3, 0.4) is 0 Å². The largest absolute Gasteiger partial charge is 0.450 e. The van der Waals surface area contributed by atoms with Gasteiger partial charge in [0.15, 0.2) is 6.61 Å². The van der Waals surface area contributed by atoms with Gasteiger partial charge in [-0.15, -0.1) is 11.3 Å². The molecule has 7 nitrogen and oxygen atoms in total. The lowest BCUT2D eigenvalue weighted by Crippen LogP contribution is -2.23. The Labute approximate surface area is 184 Å². The van der Waals surface area contributed by atoms with Crippen molar-refractivity contribution in [3.05, 3.63) is 50.0 Å². The van der Waals surface area contributed by atoms with E-state index < -0.39 is 24.4 Å². The van der Waals surface area contributed by atoms with E-state index in [9.17, 15) is 14.4 Å². The third-order valence-electron chi connectivity index (χ3n) is 5.09. The van der Waals surface area contributed by atoms with Crippen LogP contribution in [0.25, 0.3) is 11.0 Å². The third-order valence-corrected chi connectivity index (χ3v) is 6.79. The Morgan fingerprint density at radius 3 is 2.80 bits per heavy atom. The number of halogens is 1. The highest BCUT2D eigenvalue weighted by Gasteiger charge is 2.26. The molecule has 156 valence electrons. The molecule has 3 aromatic rings. The maximum atomic E-state index is 12.4. The zero-order valence-corrected chi connectivity index (χ0v) is 18.6. The molecule has 0 aliphatic heterocycles. The molecule has 4 rings (SSSR count). The Balaban J connectivity index is 1.46. The normalized spacial score (nSPS) is 13.1. The first-order chi connectivity index (χ1) is 14.3. The van der Waals surface area contributed by atoms with Gasteiger partial charge >= 0.3 is 5.97 Å². The molecule has 0 fully saturated rings. The van der Waals surface area contributed by atoms with Gasteiger partial charge in [-0.1, -0.05) is 15.9 Å². The van der Waals surface area contributed by atoms with Gasteiger partial charge in [0.1, 0.15) is 10.6 Å². The minimum Gasteiger partial charge on any atom is -0.450 e. The number of anilines is 1. The van der Waals surface area contributed by atoms with Crippen molar-refractivity contribution in [2.45, 2.75) is 32.6 Å². The average Bonchev–Trinajstić information content (AvgIpc) is 3.23. The molecule has 0 saturated heterocycles. The molecular weight excluding hydrogens is 472 g/mol. The fourth-order valence-electron chi connectivity index (χ4n) is 3.66. The predicted octanol–water partition coefficient (Wildman–Crippen LogP) is 4.34. The summed E-state index contributed by atoms with van der Waals surface area (Å²) < 4.78 is 11.6. The predicted molar refractivity (Wildman–Crippen MR) is 117 cm³/mol. The van der Waals surface area contributed by atoms with Crippen LogP contribution in [0.1, 0.15) is 49.8 Å². The second-order valence-electron chi connectivity index (χ2n) is 7.10. The summed E-state index contributed by atoms with van der Waals surface area (Å²) in [7, 11) is 0. The second kappa shape index (κ2) is 8.23. The Kier molecular flexibility index (Phi) is 5.66. The fourth-order valence-corrected chi connectivity index (χ4v) is 5.33. The second-order valence-corrected chi connectivity index (χ2v) is 9.12. The highest BCUT2D eigenvalue weighted by molar-refractivity contribution is 9.10. The van der Waals surface area contributed by atoms with Crippen molar-refractivity contribution in [1.82, 2.24) is 0 Å². The van der Waals surface area contributed by atoms with E-state index in [0.717, 1.165) is 46.0 Å². The molecule has 30 heavy (non-hydrogen) atoms. The van der Waals surface area contributed by atoms with Crippen molar-refractivity contribution in [2.75, 3.05) is 11.9 Å². The number of aryl methyl sites for hydroxylation is 2. The first-order valence-electron chi connectivity index (χ1n) is 9.45. The van der Waals surface area contributed by atoms with Crippen LogP contribution in [0.15, 0.2) is 27.1 Å². The van der Waals surface area contributed by atoms with Gasteiger partial charge in [0.2, 0.25) is 5.76 Å². The smallest absolute Gasteiger partial charge is 0.375 e. The maximum absolute atomic E-state index is 12.4. The quantitative estimate of drug-likeness (QED) is 0.516.